The van der Waals surface area contributed by atoms with Crippen molar-refractivity contribution in [1.29, 1.82) is 0 Å². The third-order valence-electron chi connectivity index (χ3n) is 3.05. The van der Waals surface area contributed by atoms with E-state index in [9.17, 15) is 0 Å². The molecule has 3 rings (SSSR count). The average molecular weight is 268 g/mol. The first-order chi connectivity index (χ1) is 9.92. The molecule has 1 aromatic carbocycles. The topological polar surface area (TPSA) is 68.5 Å². The molecule has 0 amide bonds. The van der Waals surface area contributed by atoms with Crippen LogP contribution in [0.5, 0.6) is 0 Å². The lowest BCUT2D eigenvalue weighted by Gasteiger charge is -2.05. The normalized spacial score (nSPS) is 10.8. The summed E-state index contributed by atoms with van der Waals surface area (Å²) < 4.78 is 2.08. The molecule has 102 valence electrons. The third-order valence-corrected chi connectivity index (χ3v) is 3.05. The van der Waals surface area contributed by atoms with Gasteiger partial charge in [-0.2, -0.15) is 0 Å². The van der Waals surface area contributed by atoms with E-state index in [0.717, 1.165) is 37.0 Å². The van der Waals surface area contributed by atoms with Gasteiger partial charge in [0, 0.05) is 25.5 Å². The molecule has 1 N–H and O–H groups in total. The SMILES string of the molecule is c1ccc2nc(NCCCCn3ccnc3)nnc2c1. The lowest BCUT2D eigenvalue weighted by Crippen LogP contribution is -2.07. The number of hydrogen-bond donors (Lipinski definition) is 1. The summed E-state index contributed by atoms with van der Waals surface area (Å²) in [5, 5.41) is 11.4. The maximum Gasteiger partial charge on any atom is 0.243 e. The van der Waals surface area contributed by atoms with Crippen molar-refractivity contribution >= 4 is 17.0 Å². The van der Waals surface area contributed by atoms with Gasteiger partial charge in [-0.3, -0.25) is 0 Å². The molecule has 0 spiro atoms. The molecule has 0 radical (unpaired) electrons. The van der Waals surface area contributed by atoms with E-state index >= 15 is 0 Å². The molecule has 0 bridgehead atoms. The Morgan fingerprint density at radius 3 is 2.80 bits per heavy atom. The van der Waals surface area contributed by atoms with Gasteiger partial charge in [0.2, 0.25) is 5.95 Å². The summed E-state index contributed by atoms with van der Waals surface area (Å²) in [7, 11) is 0. The lowest BCUT2D eigenvalue weighted by molar-refractivity contribution is 0.620. The second-order valence-corrected chi connectivity index (χ2v) is 4.56. The van der Waals surface area contributed by atoms with Crippen LogP contribution in [-0.4, -0.2) is 31.3 Å². The predicted molar refractivity (Wildman–Crippen MR) is 77.3 cm³/mol. The van der Waals surface area contributed by atoms with Gasteiger partial charge in [-0.15, -0.1) is 10.2 Å². The molecule has 0 fully saturated rings. The number of nitrogens with one attached hydrogen (secondary N) is 1. The highest BCUT2D eigenvalue weighted by Gasteiger charge is 2.00. The standard InChI is InChI=1S/C14H16N6/c1-2-6-13-12(5-1)17-14(19-18-13)16-7-3-4-9-20-10-8-15-11-20/h1-2,5-6,8,10-11H,3-4,7,9H2,(H,16,17,19). The fourth-order valence-electron chi connectivity index (χ4n) is 1.99. The second kappa shape index (κ2) is 6.10. The summed E-state index contributed by atoms with van der Waals surface area (Å²) in [4.78, 5) is 8.44. The largest absolute Gasteiger partial charge is 0.353 e. The van der Waals surface area contributed by atoms with E-state index in [-0.39, 0.29) is 0 Å². The van der Waals surface area contributed by atoms with Gasteiger partial charge >= 0.3 is 0 Å². The van der Waals surface area contributed by atoms with Crippen molar-refractivity contribution in [3.8, 4) is 0 Å². The van der Waals surface area contributed by atoms with Crippen LogP contribution in [-0.2, 0) is 6.54 Å². The van der Waals surface area contributed by atoms with E-state index in [2.05, 4.69) is 30.0 Å². The number of nitrogens with zero attached hydrogens (tertiary/aromatic N) is 5. The van der Waals surface area contributed by atoms with Crippen molar-refractivity contribution in [3.05, 3.63) is 43.0 Å². The Kier molecular flexibility index (Phi) is 3.82. The Bertz CT molecular complexity index is 664. The van der Waals surface area contributed by atoms with Crippen LogP contribution in [0.15, 0.2) is 43.0 Å². The van der Waals surface area contributed by atoms with Crippen LogP contribution in [0.2, 0.25) is 0 Å². The Labute approximate surface area is 116 Å². The van der Waals surface area contributed by atoms with Gasteiger partial charge in [0.1, 0.15) is 5.52 Å². The van der Waals surface area contributed by atoms with Crippen LogP contribution < -0.4 is 5.32 Å². The highest BCUT2D eigenvalue weighted by Crippen LogP contribution is 2.08. The van der Waals surface area contributed by atoms with E-state index in [4.69, 9.17) is 0 Å². The number of imidazole rings is 1. The number of para-hydroxylation sites is 1. The molecular formula is C14H16N6. The first-order valence-electron chi connectivity index (χ1n) is 6.71. The molecule has 0 aliphatic carbocycles. The zero-order chi connectivity index (χ0) is 13.6. The summed E-state index contributed by atoms with van der Waals surface area (Å²) in [5.74, 6) is 0.589. The Morgan fingerprint density at radius 1 is 1.05 bits per heavy atom. The second-order valence-electron chi connectivity index (χ2n) is 4.56. The van der Waals surface area contributed by atoms with Crippen LogP contribution in [0.25, 0.3) is 11.0 Å². The molecule has 0 aliphatic heterocycles. The molecule has 2 aromatic heterocycles. The van der Waals surface area contributed by atoms with Crippen molar-refractivity contribution < 1.29 is 0 Å². The summed E-state index contributed by atoms with van der Waals surface area (Å²) in [6, 6.07) is 7.73. The minimum atomic E-state index is 0.589. The van der Waals surface area contributed by atoms with E-state index in [1.807, 2.05) is 36.8 Å². The van der Waals surface area contributed by atoms with Crippen molar-refractivity contribution in [2.75, 3.05) is 11.9 Å². The predicted octanol–water partition coefficient (Wildman–Crippen LogP) is 2.11. The van der Waals surface area contributed by atoms with Crippen molar-refractivity contribution in [2.45, 2.75) is 19.4 Å². The van der Waals surface area contributed by atoms with Gasteiger partial charge in [0.05, 0.1) is 11.8 Å². The molecule has 0 unspecified atom stereocenters. The minimum Gasteiger partial charge on any atom is -0.353 e. The van der Waals surface area contributed by atoms with Gasteiger partial charge in [0.15, 0.2) is 0 Å². The number of benzene rings is 1. The first kappa shape index (κ1) is 12.5. The van der Waals surface area contributed by atoms with Crippen molar-refractivity contribution in [2.24, 2.45) is 0 Å². The Balaban J connectivity index is 1.47. The van der Waals surface area contributed by atoms with Gasteiger partial charge in [-0.25, -0.2) is 9.97 Å². The number of aryl methyl sites for hydroxylation is 1. The molecular weight excluding hydrogens is 252 g/mol. The molecule has 20 heavy (non-hydrogen) atoms. The molecule has 3 aromatic rings. The van der Waals surface area contributed by atoms with E-state index in [1.54, 1.807) is 6.20 Å². The molecule has 0 atom stereocenters. The number of aromatic nitrogens is 5. The Hall–Kier alpha value is -2.50. The van der Waals surface area contributed by atoms with E-state index in [0.29, 0.717) is 5.95 Å². The molecule has 2 heterocycles. The quantitative estimate of drug-likeness (QED) is 0.693. The molecule has 0 aliphatic rings. The van der Waals surface area contributed by atoms with Crippen LogP contribution in [0.4, 0.5) is 5.95 Å². The van der Waals surface area contributed by atoms with Crippen LogP contribution in [0.3, 0.4) is 0 Å². The average Bonchev–Trinajstić information content (AvgIpc) is 3.00. The summed E-state index contributed by atoms with van der Waals surface area (Å²) >= 11 is 0. The van der Waals surface area contributed by atoms with Crippen LogP contribution in [0.1, 0.15) is 12.8 Å². The van der Waals surface area contributed by atoms with E-state index in [1.165, 1.54) is 0 Å². The molecule has 0 saturated carbocycles. The number of rotatable bonds is 6. The molecule has 0 saturated heterocycles. The number of anilines is 1. The zero-order valence-corrected chi connectivity index (χ0v) is 11.1. The van der Waals surface area contributed by atoms with Crippen LogP contribution >= 0.6 is 0 Å². The van der Waals surface area contributed by atoms with Crippen molar-refractivity contribution in [1.82, 2.24) is 24.7 Å². The fraction of sp³-hybridized carbons (Fsp3) is 0.286. The monoisotopic (exact) mass is 268 g/mol. The maximum atomic E-state index is 4.42. The summed E-state index contributed by atoms with van der Waals surface area (Å²) in [6.07, 6.45) is 7.75. The third kappa shape index (κ3) is 3.09. The van der Waals surface area contributed by atoms with Gasteiger partial charge < -0.3 is 9.88 Å². The van der Waals surface area contributed by atoms with Crippen molar-refractivity contribution in [3.63, 3.8) is 0 Å². The maximum absolute atomic E-state index is 4.42. The summed E-state index contributed by atoms with van der Waals surface area (Å²) in [5.41, 5.74) is 1.68. The highest BCUT2D eigenvalue weighted by molar-refractivity contribution is 5.73. The van der Waals surface area contributed by atoms with Gasteiger partial charge in [-0.1, -0.05) is 12.1 Å². The number of fused-ring (bicyclic) bond motifs is 1. The highest BCUT2D eigenvalue weighted by atomic mass is 15.2. The smallest absolute Gasteiger partial charge is 0.243 e. The number of hydrogen-bond acceptors (Lipinski definition) is 5. The Morgan fingerprint density at radius 2 is 1.95 bits per heavy atom. The van der Waals surface area contributed by atoms with Crippen LogP contribution in [0, 0.1) is 0 Å². The zero-order valence-electron chi connectivity index (χ0n) is 11.1. The molecule has 6 heteroatoms. The first-order valence-corrected chi connectivity index (χ1v) is 6.71. The summed E-state index contributed by atoms with van der Waals surface area (Å²) in [6.45, 7) is 1.83. The van der Waals surface area contributed by atoms with E-state index < -0.39 is 0 Å². The van der Waals surface area contributed by atoms with Gasteiger partial charge in [0.25, 0.3) is 0 Å². The number of unbranched alkanes of at least 4 members (excludes halogenated alkanes) is 1. The lowest BCUT2D eigenvalue weighted by atomic mass is 10.3. The molecule has 6 nitrogen and oxygen atoms in total. The minimum absolute atomic E-state index is 0.589. The fourth-order valence-corrected chi connectivity index (χ4v) is 1.99. The van der Waals surface area contributed by atoms with Gasteiger partial charge in [-0.05, 0) is 25.0 Å².